The summed E-state index contributed by atoms with van der Waals surface area (Å²) in [7, 11) is 1.12. The van der Waals surface area contributed by atoms with E-state index in [2.05, 4.69) is 57.3 Å². The monoisotopic (exact) mass is 2020 g/mol. The largest absolute Gasteiger partial charge is 0.463 e. The van der Waals surface area contributed by atoms with Crippen LogP contribution in [-0.2, 0) is 116 Å². The first kappa shape index (κ1) is 104. The quantitative estimate of drug-likeness (QED) is 0.0198. The number of hydrogen-bond acceptors (Lipinski definition) is 20. The number of allylic oxidation sites excluding steroid dienone is 4. The fourth-order valence-corrected chi connectivity index (χ4v) is 17.1. The van der Waals surface area contributed by atoms with Crippen LogP contribution in [0.15, 0.2) is 171 Å². The zero-order chi connectivity index (χ0) is 98.7. The summed E-state index contributed by atoms with van der Waals surface area (Å²) in [6, 6.07) is 30.0. The molecule has 6 aliphatic rings. The minimum absolute atomic E-state index is 0. The summed E-state index contributed by atoms with van der Waals surface area (Å²) in [5.41, 5.74) is 16.0. The second-order valence-electron chi connectivity index (χ2n) is 35.5. The van der Waals surface area contributed by atoms with E-state index in [4.69, 9.17) is 43.1 Å². The molecule has 0 saturated carbocycles. The van der Waals surface area contributed by atoms with Crippen LogP contribution in [0.3, 0.4) is 0 Å². The Hall–Kier alpha value is -13.6. The summed E-state index contributed by atoms with van der Waals surface area (Å²) in [6.07, 6.45) is 16.0. The molecule has 0 spiro atoms. The van der Waals surface area contributed by atoms with E-state index in [-0.39, 0.29) is 120 Å². The molecule has 0 saturated heterocycles. The average molecular weight is 2030 g/mol. The number of imidazole rings is 3. The third kappa shape index (κ3) is 23.4. The summed E-state index contributed by atoms with van der Waals surface area (Å²) in [6.45, 7) is 21.6. The molecule has 4 aliphatic heterocycles. The SMILES string of the molecule is CC(C)(C)OC(=O)N1CCn2cc(C3=C(c4cnc5ccccn45)C(=O)CC3=O)c3cc(F)cc(c32)C1.CC(C)(C)OC(=O)N1CCn2ccc3cc(F)cc(c32)C1.COC(=O)C(=O)c1cn2c3c(cc(F)cc13)CN(C(=O)OC(C)(C)C)CC2.Cl.Cl.ClCCl.NC(=O)Cc1cnc2ccccn12.O=C(Cl)C(=O)Cl.O=C1CC(=O)C(c2cnc3ccccn23)=C1c1cn2c3c(cc(F)cc13)CNCC2. The standard InChI is InChI=1S/C28H25FN4O4.C23H17FN4O2.C19H21FN2O5.C16H19FN2O2.C9H9N3O.C2Cl2O2.CH2Cl2.2ClH/c1-28(2,3)37-27(36)32-9-8-31-15-19(18-11-17(29)10-16(14-32)26(18)31)24-21(34)12-22(35)25(24)20-13-30-23-6-4-5-7-33(20)23;24-14-7-13-10-25-4-6-27-12-16(15(8-14)23(13)27)21-18(29)9-19(30)22(21)17-11-26-20-3-1-2-5-28(17)20;1-19(2,3)27-18(25)22-6-5-21-10-14(16(23)17(24)26-4)13-8-12(20)7-11(9-22)15(13)21;1-16(2,3)21-15(20)19-7-6-18-5-4-11-8-13(17)9-12(10-19)14(11)18;10-8(13)5-7-6-11-9-3-1-2-4-12(7)9;3-1(5)2(4)6;2-1-3;;/h4-7,10-11,13,15H,8-9,12,14H2,1-3H3;1-3,5,7-8,11-12,25H,4,6,9-10H2;7-8,10H,5-6,9H2,1-4H3;4-5,8-9H,6-7,10H2,1-3H3;1-4,6H,5H2,(H2,10,13);;1H2;2*1H. The van der Waals surface area contributed by atoms with Crippen LogP contribution in [0.25, 0.3) is 82.8 Å². The van der Waals surface area contributed by atoms with Crippen molar-refractivity contribution < 1.29 is 94.0 Å². The topological polar surface area (TPSA) is 361 Å². The van der Waals surface area contributed by atoms with Gasteiger partial charge in [-0.1, -0.05) is 18.2 Å². The number of hydrogen-bond donors (Lipinski definition) is 2. The number of ketones is 5. The van der Waals surface area contributed by atoms with Gasteiger partial charge in [-0.15, -0.1) is 48.0 Å². The third-order valence-electron chi connectivity index (χ3n) is 22.4. The molecule has 139 heavy (non-hydrogen) atoms. The summed E-state index contributed by atoms with van der Waals surface area (Å²) < 4.78 is 91.4. The Kier molecular flexibility index (Phi) is 32.5. The zero-order valence-electron chi connectivity index (χ0n) is 76.7. The summed E-state index contributed by atoms with van der Waals surface area (Å²) in [5.74, 6) is -4.90. The number of methoxy groups -OCH3 is 1. The highest BCUT2D eigenvalue weighted by atomic mass is 35.5. The molecule has 0 unspecified atom stereocenters. The van der Waals surface area contributed by atoms with Crippen molar-refractivity contribution in [2.75, 3.05) is 38.6 Å². The normalized spacial score (nSPS) is 14.4. The number of rotatable bonds is 9. The van der Waals surface area contributed by atoms with Gasteiger partial charge in [0.1, 0.15) is 57.0 Å². The van der Waals surface area contributed by atoms with Gasteiger partial charge in [-0.05, 0) is 199 Å². The molecule has 10 aromatic heterocycles. The number of carbonyl (C=O) groups is 12. The Morgan fingerprint density at radius 2 is 0.820 bits per heavy atom. The summed E-state index contributed by atoms with van der Waals surface area (Å²) >= 11 is 18.5. The van der Waals surface area contributed by atoms with E-state index < -0.39 is 62.9 Å². The van der Waals surface area contributed by atoms with Crippen LogP contribution in [-0.4, -0.2) is 186 Å². The first-order valence-electron chi connectivity index (χ1n) is 43.1. The van der Waals surface area contributed by atoms with Crippen LogP contribution < -0.4 is 11.1 Å². The van der Waals surface area contributed by atoms with Crippen molar-refractivity contribution in [1.82, 2.24) is 66.4 Å². The predicted molar refractivity (Wildman–Crippen MR) is 520 cm³/mol. The van der Waals surface area contributed by atoms with Crippen molar-refractivity contribution in [3.63, 3.8) is 0 Å². The Morgan fingerprint density at radius 1 is 0.446 bits per heavy atom. The highest BCUT2D eigenvalue weighted by molar-refractivity contribution is 6.97. The predicted octanol–water partition coefficient (Wildman–Crippen LogP) is 17.2. The number of aromatic nitrogens is 10. The van der Waals surface area contributed by atoms with Crippen molar-refractivity contribution in [2.24, 2.45) is 5.73 Å². The molecule has 0 bridgehead atoms. The molecule has 14 heterocycles. The van der Waals surface area contributed by atoms with Crippen molar-refractivity contribution >= 4 is 224 Å². The van der Waals surface area contributed by atoms with E-state index >= 15 is 0 Å². The molecule has 2 aliphatic carbocycles. The number of pyridine rings is 3. The molecular weight excluding hydrogens is 1930 g/mol. The number of esters is 1. The number of alkyl halides is 2. The summed E-state index contributed by atoms with van der Waals surface area (Å²) in [5, 5.41) is 3.60. The second kappa shape index (κ2) is 43.2. The Balaban J connectivity index is 0.000000156. The first-order valence-corrected chi connectivity index (χ1v) is 45.0. The highest BCUT2D eigenvalue weighted by Crippen LogP contribution is 2.44. The number of amides is 4. The number of carbonyl (C=O) groups excluding carboxylic acids is 12. The number of ether oxygens (including phenoxy) is 4. The van der Waals surface area contributed by atoms with Crippen LogP contribution in [0.5, 0.6) is 0 Å². The molecular formula is C98H95Cl6F4N15O16. The van der Waals surface area contributed by atoms with E-state index in [0.29, 0.717) is 142 Å². The maximum atomic E-state index is 14.9. The lowest BCUT2D eigenvalue weighted by Gasteiger charge is -2.26. The molecule has 3 N–H and O–H groups in total. The zero-order valence-corrected chi connectivity index (χ0v) is 81.4. The number of Topliss-reactive ketones (excluding diaryl/α,β-unsaturated/α-hetero) is 5. The van der Waals surface area contributed by atoms with Gasteiger partial charge in [0.15, 0.2) is 23.1 Å². The van der Waals surface area contributed by atoms with Crippen LogP contribution in [0.4, 0.5) is 31.9 Å². The minimum Gasteiger partial charge on any atom is -0.463 e. The Labute approximate surface area is 824 Å². The van der Waals surface area contributed by atoms with Gasteiger partial charge in [-0.3, -0.25) is 47.2 Å². The maximum absolute atomic E-state index is 14.9. The average Bonchev–Trinajstić information content (AvgIpc) is 1.58. The molecule has 20 rings (SSSR count). The van der Waals surface area contributed by atoms with Crippen LogP contribution in [0.1, 0.15) is 136 Å². The van der Waals surface area contributed by atoms with E-state index in [9.17, 15) is 75.1 Å². The van der Waals surface area contributed by atoms with E-state index in [1.54, 1.807) is 91.3 Å². The van der Waals surface area contributed by atoms with Crippen molar-refractivity contribution in [3.05, 3.63) is 250 Å². The molecule has 0 fully saturated rings. The van der Waals surface area contributed by atoms with Gasteiger partial charge < -0.3 is 67.4 Å². The molecule has 14 aromatic rings. The van der Waals surface area contributed by atoms with E-state index in [1.165, 1.54) is 59.6 Å². The van der Waals surface area contributed by atoms with Gasteiger partial charge >= 0.3 is 34.7 Å². The number of nitrogens with one attached hydrogen (secondary N) is 1. The van der Waals surface area contributed by atoms with Gasteiger partial charge in [0.25, 0.3) is 5.78 Å². The molecule has 31 nitrogen and oxygen atoms in total. The number of primary amides is 1. The lowest BCUT2D eigenvalue weighted by molar-refractivity contribution is -0.135. The molecule has 41 heteroatoms. The van der Waals surface area contributed by atoms with Gasteiger partial charge in [-0.2, -0.15) is 0 Å². The fraction of sp³-hybridized carbons (Fsp3) is 0.296. The highest BCUT2D eigenvalue weighted by Gasteiger charge is 2.40. The number of halogens is 10. The number of nitrogens with zero attached hydrogens (tertiary/aromatic N) is 13. The van der Waals surface area contributed by atoms with Crippen LogP contribution in [0, 0.1) is 23.3 Å². The second-order valence-corrected chi connectivity index (χ2v) is 37.0. The molecule has 728 valence electrons. The van der Waals surface area contributed by atoms with E-state index in [0.717, 1.165) is 58.1 Å². The Bertz CT molecular complexity index is 7320. The van der Waals surface area contributed by atoms with Crippen LogP contribution >= 0.6 is 71.2 Å². The number of benzene rings is 4. The van der Waals surface area contributed by atoms with Gasteiger partial charge in [0, 0.05) is 152 Å². The summed E-state index contributed by atoms with van der Waals surface area (Å²) in [4.78, 5) is 161. The third-order valence-corrected chi connectivity index (χ3v) is 22.9. The molecule has 4 aromatic carbocycles. The van der Waals surface area contributed by atoms with Crippen molar-refractivity contribution in [3.8, 4) is 0 Å². The lowest BCUT2D eigenvalue weighted by Crippen LogP contribution is -2.37. The van der Waals surface area contributed by atoms with Crippen molar-refractivity contribution in [2.45, 2.75) is 151 Å². The smallest absolute Gasteiger partial charge is 0.410 e. The van der Waals surface area contributed by atoms with Gasteiger partial charge in [-0.25, -0.2) is 51.7 Å². The number of fused-ring (bicyclic) bond motifs is 3. The van der Waals surface area contributed by atoms with Gasteiger partial charge in [0.2, 0.25) is 5.91 Å². The molecule has 0 atom stereocenters. The molecule has 4 amide bonds. The van der Waals surface area contributed by atoms with E-state index in [1.807, 2.05) is 120 Å². The molecule has 0 radical (unpaired) electrons. The van der Waals surface area contributed by atoms with Crippen molar-refractivity contribution in [1.29, 1.82) is 0 Å². The minimum atomic E-state index is -1.14. The van der Waals surface area contributed by atoms with Gasteiger partial charge in [0.05, 0.1) is 120 Å². The first-order chi connectivity index (χ1) is 65.0. The Morgan fingerprint density at radius 3 is 1.26 bits per heavy atom. The fourth-order valence-electron chi connectivity index (χ4n) is 17.1. The number of nitrogens with two attached hydrogens (primary N) is 1. The maximum Gasteiger partial charge on any atom is 0.410 e. The van der Waals surface area contributed by atoms with Crippen LogP contribution in [0.2, 0.25) is 0 Å². The lowest BCUT2D eigenvalue weighted by atomic mass is 9.98.